The van der Waals surface area contributed by atoms with Crippen LogP contribution in [-0.2, 0) is 0 Å². The Morgan fingerprint density at radius 1 is 1.33 bits per heavy atom. The van der Waals surface area contributed by atoms with Crippen LogP contribution in [0.15, 0.2) is 30.3 Å². The Morgan fingerprint density at radius 3 is 2.95 bits per heavy atom. The van der Waals surface area contributed by atoms with Crippen molar-refractivity contribution in [3.8, 4) is 0 Å². The molecule has 3 fully saturated rings. The van der Waals surface area contributed by atoms with Crippen LogP contribution in [-0.4, -0.2) is 41.3 Å². The first-order valence-corrected chi connectivity index (χ1v) is 9.10. The molecule has 0 radical (unpaired) electrons. The zero-order chi connectivity index (χ0) is 14.4. The van der Waals surface area contributed by atoms with Gasteiger partial charge in [-0.25, -0.2) is 0 Å². The largest absolute Gasteiger partial charge is 0.347 e. The van der Waals surface area contributed by atoms with Crippen LogP contribution in [0.4, 0.5) is 0 Å². The molecule has 3 saturated heterocycles. The molecule has 2 bridgehead atoms. The maximum Gasteiger partial charge on any atom is 0.261 e. The Morgan fingerprint density at radius 2 is 2.19 bits per heavy atom. The van der Waals surface area contributed by atoms with E-state index in [1.165, 1.54) is 17.7 Å². The molecule has 0 aliphatic carbocycles. The van der Waals surface area contributed by atoms with Gasteiger partial charge in [-0.1, -0.05) is 34.1 Å². The molecule has 5 heteroatoms. The number of nitrogens with one attached hydrogen (secondary N) is 1. The molecule has 21 heavy (non-hydrogen) atoms. The number of thiophene rings is 1. The Hall–Kier alpha value is -0.910. The number of piperidine rings is 3. The Labute approximate surface area is 136 Å². The van der Waals surface area contributed by atoms with E-state index in [4.69, 9.17) is 0 Å². The minimum atomic E-state index is 0.0784. The van der Waals surface area contributed by atoms with E-state index in [9.17, 15) is 4.79 Å². The molecular weight excluding hydrogens is 348 g/mol. The minimum Gasteiger partial charge on any atom is -0.347 e. The summed E-state index contributed by atoms with van der Waals surface area (Å²) in [4.78, 5) is 16.3. The highest BCUT2D eigenvalue weighted by atomic mass is 79.9. The van der Waals surface area contributed by atoms with Gasteiger partial charge in [-0.15, -0.1) is 11.3 Å². The summed E-state index contributed by atoms with van der Waals surface area (Å²) in [5.41, 5.74) is 0. The van der Waals surface area contributed by atoms with Gasteiger partial charge in [0.15, 0.2) is 0 Å². The molecular formula is C16H17BrN2OS. The van der Waals surface area contributed by atoms with E-state index < -0.39 is 0 Å². The Balaban J connectivity index is 1.53. The summed E-state index contributed by atoms with van der Waals surface area (Å²) in [7, 11) is 0. The SMILES string of the molecule is O=C(N[C@H]1CN2CCC1C(Br)C2)c1cc2ccccc2s1. The van der Waals surface area contributed by atoms with Crippen LogP contribution >= 0.6 is 27.3 Å². The van der Waals surface area contributed by atoms with Crippen molar-refractivity contribution in [3.63, 3.8) is 0 Å². The van der Waals surface area contributed by atoms with Crippen molar-refractivity contribution in [2.24, 2.45) is 5.92 Å². The third kappa shape index (κ3) is 2.51. The molecule has 0 saturated carbocycles. The van der Waals surface area contributed by atoms with E-state index >= 15 is 0 Å². The quantitative estimate of drug-likeness (QED) is 0.830. The minimum absolute atomic E-state index is 0.0784. The number of hydrogen-bond acceptors (Lipinski definition) is 3. The molecule has 1 N–H and O–H groups in total. The van der Waals surface area contributed by atoms with Crippen LogP contribution < -0.4 is 5.32 Å². The lowest BCUT2D eigenvalue weighted by molar-refractivity contribution is 0.0672. The van der Waals surface area contributed by atoms with Gasteiger partial charge in [-0.2, -0.15) is 0 Å². The van der Waals surface area contributed by atoms with Crippen molar-refractivity contribution < 1.29 is 4.79 Å². The van der Waals surface area contributed by atoms with Crippen LogP contribution in [0.1, 0.15) is 16.1 Å². The molecule has 3 aliphatic heterocycles. The highest BCUT2D eigenvalue weighted by Gasteiger charge is 2.40. The summed E-state index contributed by atoms with van der Waals surface area (Å²) >= 11 is 5.35. The summed E-state index contributed by atoms with van der Waals surface area (Å²) < 4.78 is 1.18. The van der Waals surface area contributed by atoms with E-state index in [2.05, 4.69) is 38.3 Å². The number of carbonyl (C=O) groups is 1. The average molecular weight is 365 g/mol. The number of hydrogen-bond donors (Lipinski definition) is 1. The predicted octanol–water partition coefficient (Wildman–Crippen LogP) is 3.10. The second kappa shape index (κ2) is 5.38. The molecule has 0 spiro atoms. The second-order valence-corrected chi connectivity index (χ2v) is 8.22. The monoisotopic (exact) mass is 364 g/mol. The van der Waals surface area contributed by atoms with Gasteiger partial charge in [0.1, 0.15) is 0 Å². The Kier molecular flexibility index (Phi) is 3.52. The number of fused-ring (bicyclic) bond motifs is 4. The molecule has 1 aromatic carbocycles. The number of amides is 1. The molecule has 1 aromatic heterocycles. The van der Waals surface area contributed by atoms with Crippen LogP contribution in [0.2, 0.25) is 0 Å². The van der Waals surface area contributed by atoms with Crippen molar-refractivity contribution in [3.05, 3.63) is 35.2 Å². The number of halogens is 1. The standard InChI is InChI=1S/C16H17BrN2OS/c17-12-8-19-6-5-11(12)13(9-19)18-16(20)15-7-10-3-1-2-4-14(10)21-15/h1-4,7,11-13H,5-6,8-9H2,(H,18,20)/t11?,12?,13-/m0/s1. The molecule has 1 amide bonds. The fraction of sp³-hybridized carbons (Fsp3) is 0.438. The number of carbonyl (C=O) groups excluding carboxylic acids is 1. The van der Waals surface area contributed by atoms with E-state index in [-0.39, 0.29) is 11.9 Å². The topological polar surface area (TPSA) is 32.3 Å². The van der Waals surface area contributed by atoms with E-state index in [0.717, 1.165) is 23.4 Å². The zero-order valence-electron chi connectivity index (χ0n) is 11.6. The van der Waals surface area contributed by atoms with Gasteiger partial charge >= 0.3 is 0 Å². The van der Waals surface area contributed by atoms with E-state index in [1.54, 1.807) is 11.3 Å². The second-order valence-electron chi connectivity index (χ2n) is 5.96. The highest BCUT2D eigenvalue weighted by Crippen LogP contribution is 2.33. The average Bonchev–Trinajstić information content (AvgIpc) is 2.91. The number of benzene rings is 1. The number of nitrogens with zero attached hydrogens (tertiary/aromatic N) is 1. The molecule has 3 aliphatic rings. The number of rotatable bonds is 2. The lowest BCUT2D eigenvalue weighted by Crippen LogP contribution is -2.61. The van der Waals surface area contributed by atoms with Crippen molar-refractivity contribution in [2.45, 2.75) is 17.3 Å². The number of alkyl halides is 1. The van der Waals surface area contributed by atoms with Crippen molar-refractivity contribution in [1.82, 2.24) is 10.2 Å². The van der Waals surface area contributed by atoms with Crippen LogP contribution in [0.5, 0.6) is 0 Å². The van der Waals surface area contributed by atoms with Crippen molar-refractivity contribution in [1.29, 1.82) is 0 Å². The summed E-state index contributed by atoms with van der Waals surface area (Å²) in [5, 5.41) is 4.41. The van der Waals surface area contributed by atoms with Gasteiger partial charge in [0, 0.05) is 28.7 Å². The van der Waals surface area contributed by atoms with Crippen LogP contribution in [0.3, 0.4) is 0 Å². The smallest absolute Gasteiger partial charge is 0.261 e. The molecule has 4 heterocycles. The fourth-order valence-electron chi connectivity index (χ4n) is 3.50. The van der Waals surface area contributed by atoms with Gasteiger partial charge in [0.2, 0.25) is 0 Å². The van der Waals surface area contributed by atoms with E-state index in [1.807, 2.05) is 18.2 Å². The maximum atomic E-state index is 12.5. The first-order valence-electron chi connectivity index (χ1n) is 7.36. The van der Waals surface area contributed by atoms with Gasteiger partial charge in [0.05, 0.1) is 4.88 Å². The Bertz CT molecular complexity index is 653. The van der Waals surface area contributed by atoms with Crippen molar-refractivity contribution >= 4 is 43.3 Å². The summed E-state index contributed by atoms with van der Waals surface area (Å²) in [6, 6.07) is 10.4. The fourth-order valence-corrected chi connectivity index (χ4v) is 5.51. The van der Waals surface area contributed by atoms with E-state index in [0.29, 0.717) is 10.7 Å². The highest BCUT2D eigenvalue weighted by molar-refractivity contribution is 9.09. The third-order valence-corrected chi connectivity index (χ3v) is 6.70. The molecule has 2 aromatic rings. The molecule has 4 atom stereocenters. The van der Waals surface area contributed by atoms with Gasteiger partial charge in [-0.05, 0) is 36.4 Å². The van der Waals surface area contributed by atoms with Gasteiger partial charge in [-0.3, -0.25) is 4.79 Å². The summed E-state index contributed by atoms with van der Waals surface area (Å²) in [6.07, 6.45) is 1.17. The van der Waals surface area contributed by atoms with Crippen molar-refractivity contribution in [2.75, 3.05) is 19.6 Å². The summed E-state index contributed by atoms with van der Waals surface area (Å²) in [6.45, 7) is 3.27. The molecule has 3 unspecified atom stereocenters. The third-order valence-electron chi connectivity index (χ3n) is 4.61. The van der Waals surface area contributed by atoms with Gasteiger partial charge < -0.3 is 10.2 Å². The summed E-state index contributed by atoms with van der Waals surface area (Å²) in [5.74, 6) is 0.642. The maximum absolute atomic E-state index is 12.5. The lowest BCUT2D eigenvalue weighted by Gasteiger charge is -2.47. The first kappa shape index (κ1) is 13.7. The molecule has 5 rings (SSSR count). The molecule has 3 nitrogen and oxygen atoms in total. The predicted molar refractivity (Wildman–Crippen MR) is 90.3 cm³/mol. The van der Waals surface area contributed by atoms with Gasteiger partial charge in [0.25, 0.3) is 5.91 Å². The zero-order valence-corrected chi connectivity index (χ0v) is 14.0. The van der Waals surface area contributed by atoms with Crippen LogP contribution in [0, 0.1) is 5.92 Å². The van der Waals surface area contributed by atoms with Crippen LogP contribution in [0.25, 0.3) is 10.1 Å². The first-order chi connectivity index (χ1) is 10.2. The lowest BCUT2D eigenvalue weighted by atomic mass is 9.84. The normalized spacial score (nSPS) is 31.5. The molecule has 110 valence electrons.